The number of thioether (sulfide) groups is 1. The highest BCUT2D eigenvalue weighted by atomic mass is 32.2. The summed E-state index contributed by atoms with van der Waals surface area (Å²) in [5.41, 5.74) is 2.32. The third-order valence-corrected chi connectivity index (χ3v) is 12.2. The third kappa shape index (κ3) is 5.77. The fourth-order valence-electron chi connectivity index (χ4n) is 8.04. The second kappa shape index (κ2) is 14.0. The Morgan fingerprint density at radius 1 is 1.02 bits per heavy atom. The van der Waals surface area contributed by atoms with Gasteiger partial charge in [-0.2, -0.15) is 0 Å². The maximum Gasteiger partial charge on any atom is 0.248 e. The summed E-state index contributed by atoms with van der Waals surface area (Å²) in [7, 11) is 0. The lowest BCUT2D eigenvalue weighted by molar-refractivity contribution is -0.143. The van der Waals surface area contributed by atoms with E-state index < -0.39 is 22.6 Å². The van der Waals surface area contributed by atoms with E-state index in [1.165, 1.54) is 0 Å². The fourth-order valence-corrected chi connectivity index (χ4v) is 10.4. The Hall–Kier alpha value is -3.96. The van der Waals surface area contributed by atoms with Crippen LogP contribution in [0.4, 0.5) is 5.69 Å². The molecule has 3 aromatic rings. The van der Waals surface area contributed by atoms with Gasteiger partial charge in [0.25, 0.3) is 0 Å². The van der Waals surface area contributed by atoms with Gasteiger partial charge in [-0.3, -0.25) is 14.4 Å². The molecule has 6 atom stereocenters. The molecule has 47 heavy (non-hydrogen) atoms. The first-order chi connectivity index (χ1) is 22.9. The second-order valence-electron chi connectivity index (χ2n) is 12.9. The predicted molar refractivity (Wildman–Crippen MR) is 184 cm³/mol. The number of nitrogens with zero attached hydrogens (tertiary/aromatic N) is 6. The Morgan fingerprint density at radius 2 is 1.74 bits per heavy atom. The largest absolute Gasteiger partial charge is 0.396 e. The van der Waals surface area contributed by atoms with Crippen molar-refractivity contribution in [2.45, 2.75) is 61.7 Å². The number of aromatic nitrogens is 3. The molecule has 3 unspecified atom stereocenters. The standard InChI is InChI=1S/C36H44N6O4S/c1-4-19-39(24-42-28-18-12-11-17-27(28)37-38-42)35(46)32-36-25(3)23-29(47-36)30(31(36)34(45)41(32)21-13-6-7-14-22-43)33(44)40(20-5-2)26-15-9-8-10-16-26/h4-5,8-12,15-18,25,29-32,43H,1-2,6-7,13-14,19-24H2,3H3/t25?,29-,30+,31-,32?,36?/m0/s1. The van der Waals surface area contributed by atoms with Crippen molar-refractivity contribution in [2.24, 2.45) is 17.8 Å². The summed E-state index contributed by atoms with van der Waals surface area (Å²) < 4.78 is 0.967. The molecule has 1 aromatic heterocycles. The minimum Gasteiger partial charge on any atom is -0.396 e. The number of carbonyl (C=O) groups excluding carboxylic acids is 3. The summed E-state index contributed by atoms with van der Waals surface area (Å²) >= 11 is 1.69. The van der Waals surface area contributed by atoms with E-state index in [1.54, 1.807) is 43.3 Å². The highest BCUT2D eigenvalue weighted by molar-refractivity contribution is 8.02. The number of hydrogen-bond donors (Lipinski definition) is 1. The first kappa shape index (κ1) is 33.0. The van der Waals surface area contributed by atoms with E-state index >= 15 is 0 Å². The lowest BCUT2D eigenvalue weighted by Crippen LogP contribution is -2.57. The van der Waals surface area contributed by atoms with Crippen molar-refractivity contribution in [3.63, 3.8) is 0 Å². The van der Waals surface area contributed by atoms with E-state index in [2.05, 4.69) is 30.4 Å². The summed E-state index contributed by atoms with van der Waals surface area (Å²) in [6.45, 7) is 11.3. The van der Waals surface area contributed by atoms with Crippen molar-refractivity contribution >= 4 is 46.2 Å². The quantitative estimate of drug-likeness (QED) is 0.189. The van der Waals surface area contributed by atoms with Gasteiger partial charge in [0.2, 0.25) is 17.7 Å². The van der Waals surface area contributed by atoms with Gasteiger partial charge in [0.1, 0.15) is 18.2 Å². The summed E-state index contributed by atoms with van der Waals surface area (Å²) in [5, 5.41) is 17.8. The molecule has 3 amide bonds. The Balaban J connectivity index is 1.37. The smallest absolute Gasteiger partial charge is 0.248 e. The van der Waals surface area contributed by atoms with Gasteiger partial charge in [-0.05, 0) is 49.4 Å². The molecule has 11 heteroatoms. The lowest BCUT2D eigenvalue weighted by Gasteiger charge is -2.41. The van der Waals surface area contributed by atoms with E-state index in [4.69, 9.17) is 0 Å². The number of unbranched alkanes of at least 4 members (excludes halogenated alkanes) is 3. The van der Waals surface area contributed by atoms with Gasteiger partial charge >= 0.3 is 0 Å². The first-order valence-electron chi connectivity index (χ1n) is 16.6. The SMILES string of the molecule is C=CCN(Cn1nnc2ccccc21)C(=O)C1N(CCCCCCO)C(=O)[C@@H]2[C@H](C(=O)N(CC=C)c3ccccc3)[C@@H]3CC(C)C12S3. The van der Waals surface area contributed by atoms with Crippen molar-refractivity contribution in [3.05, 3.63) is 79.9 Å². The molecule has 10 nitrogen and oxygen atoms in total. The van der Waals surface area contributed by atoms with Crippen LogP contribution in [0.5, 0.6) is 0 Å². The van der Waals surface area contributed by atoms with Gasteiger partial charge in [0.05, 0.1) is 22.1 Å². The molecule has 0 radical (unpaired) electrons. The topological polar surface area (TPSA) is 112 Å². The first-order valence-corrected chi connectivity index (χ1v) is 17.5. The van der Waals surface area contributed by atoms with Crippen LogP contribution in [0.25, 0.3) is 11.0 Å². The molecule has 2 aromatic carbocycles. The van der Waals surface area contributed by atoms with Crippen LogP contribution in [0.2, 0.25) is 0 Å². The van der Waals surface area contributed by atoms with Crippen LogP contribution in [0.15, 0.2) is 79.9 Å². The van der Waals surface area contributed by atoms with Gasteiger partial charge in [-0.1, -0.05) is 67.5 Å². The van der Waals surface area contributed by atoms with Crippen LogP contribution in [-0.2, 0) is 21.1 Å². The zero-order chi connectivity index (χ0) is 33.1. The summed E-state index contributed by atoms with van der Waals surface area (Å²) in [5.74, 6) is -1.48. The summed E-state index contributed by atoms with van der Waals surface area (Å²) in [6, 6.07) is 16.4. The van der Waals surface area contributed by atoms with Crippen LogP contribution in [0.3, 0.4) is 0 Å². The molecule has 1 spiro atoms. The molecular weight excluding hydrogens is 613 g/mol. The summed E-state index contributed by atoms with van der Waals surface area (Å²) in [4.78, 5) is 49.5. The highest BCUT2D eigenvalue weighted by Gasteiger charge is 2.76. The molecule has 1 N–H and O–H groups in total. The molecule has 2 bridgehead atoms. The normalized spacial score (nSPS) is 26.0. The van der Waals surface area contributed by atoms with Crippen molar-refractivity contribution in [1.29, 1.82) is 0 Å². The van der Waals surface area contributed by atoms with Crippen molar-refractivity contribution in [3.8, 4) is 0 Å². The number of aliphatic hydroxyl groups excluding tert-OH is 1. The number of benzene rings is 2. The van der Waals surface area contributed by atoms with E-state index in [0.29, 0.717) is 25.9 Å². The van der Waals surface area contributed by atoms with Crippen LogP contribution >= 0.6 is 11.8 Å². The lowest BCUT2D eigenvalue weighted by atomic mass is 9.65. The molecular formula is C36H44N6O4S. The van der Waals surface area contributed by atoms with Gasteiger partial charge < -0.3 is 19.8 Å². The number of amides is 3. The predicted octanol–water partition coefficient (Wildman–Crippen LogP) is 4.51. The Kier molecular flexibility index (Phi) is 9.84. The number of rotatable bonds is 15. The number of likely N-dealkylation sites (tertiary alicyclic amines) is 1. The molecule has 6 rings (SSSR count). The average molecular weight is 657 g/mol. The number of fused-ring (bicyclic) bond motifs is 2. The van der Waals surface area contributed by atoms with E-state index in [9.17, 15) is 19.5 Å². The molecule has 3 saturated heterocycles. The van der Waals surface area contributed by atoms with Crippen molar-refractivity contribution in [1.82, 2.24) is 24.8 Å². The highest BCUT2D eigenvalue weighted by Crippen LogP contribution is 2.69. The fraction of sp³-hybridized carbons (Fsp3) is 0.472. The van der Waals surface area contributed by atoms with Crippen LogP contribution < -0.4 is 4.90 Å². The molecule has 4 heterocycles. The number of aliphatic hydroxyl groups is 1. The molecule has 3 aliphatic rings. The molecule has 0 saturated carbocycles. The monoisotopic (exact) mass is 656 g/mol. The van der Waals surface area contributed by atoms with Crippen LogP contribution in [0.1, 0.15) is 39.0 Å². The summed E-state index contributed by atoms with van der Waals surface area (Å²) in [6.07, 6.45) is 7.25. The zero-order valence-electron chi connectivity index (χ0n) is 27.0. The molecule has 0 aliphatic carbocycles. The number of anilines is 1. The second-order valence-corrected chi connectivity index (χ2v) is 14.4. The van der Waals surface area contributed by atoms with Gasteiger partial charge in [-0.25, -0.2) is 4.68 Å². The third-order valence-electron chi connectivity index (χ3n) is 10.1. The average Bonchev–Trinajstić information content (AvgIpc) is 3.80. The Morgan fingerprint density at radius 3 is 2.49 bits per heavy atom. The van der Waals surface area contributed by atoms with Gasteiger partial charge in [0.15, 0.2) is 0 Å². The minimum atomic E-state index is -0.745. The molecule has 248 valence electrons. The van der Waals surface area contributed by atoms with Gasteiger partial charge in [0, 0.05) is 37.2 Å². The van der Waals surface area contributed by atoms with Gasteiger partial charge in [-0.15, -0.1) is 30.0 Å². The molecule has 3 fully saturated rings. The number of para-hydroxylation sites is 2. The minimum absolute atomic E-state index is 0.0474. The maximum absolute atomic E-state index is 15.0. The molecule has 3 aliphatic heterocycles. The van der Waals surface area contributed by atoms with Crippen LogP contribution in [0, 0.1) is 17.8 Å². The van der Waals surface area contributed by atoms with Crippen molar-refractivity contribution < 1.29 is 19.5 Å². The van der Waals surface area contributed by atoms with E-state index in [1.807, 2.05) is 54.6 Å². The Bertz CT molecular complexity index is 1630. The zero-order valence-corrected chi connectivity index (χ0v) is 27.8. The van der Waals surface area contributed by atoms with E-state index in [0.717, 1.165) is 36.0 Å². The maximum atomic E-state index is 15.0. The van der Waals surface area contributed by atoms with E-state index in [-0.39, 0.29) is 48.7 Å². The number of hydrogen-bond acceptors (Lipinski definition) is 7. The van der Waals surface area contributed by atoms with Crippen LogP contribution in [-0.4, -0.2) is 89.9 Å². The van der Waals surface area contributed by atoms with Crippen molar-refractivity contribution in [2.75, 3.05) is 31.1 Å². The number of carbonyl (C=O) groups is 3. The Labute approximate surface area is 280 Å².